The van der Waals surface area contributed by atoms with Gasteiger partial charge in [-0.1, -0.05) is 17.3 Å². The summed E-state index contributed by atoms with van der Waals surface area (Å²) >= 11 is 0. The highest BCUT2D eigenvalue weighted by molar-refractivity contribution is 5.54. The number of likely N-dealkylation sites (N-methyl/N-ethyl adjacent to an activating group) is 1. The predicted octanol–water partition coefficient (Wildman–Crippen LogP) is 3.29. The summed E-state index contributed by atoms with van der Waals surface area (Å²) in [5.41, 5.74) is 0.831. The summed E-state index contributed by atoms with van der Waals surface area (Å²) in [6, 6.07) is 11.6. The molecule has 27 heavy (non-hydrogen) atoms. The normalized spacial score (nSPS) is 18.3. The number of hydrogen-bond acceptors (Lipinski definition) is 7. The molecule has 0 radical (unpaired) electrons. The molecule has 3 heterocycles. The predicted molar refractivity (Wildman–Crippen MR) is 99.1 cm³/mol. The number of para-hydroxylation sites is 2. The second kappa shape index (κ2) is 6.57. The minimum absolute atomic E-state index is 0.0524. The van der Waals surface area contributed by atoms with Crippen molar-refractivity contribution in [1.29, 1.82) is 0 Å². The van der Waals surface area contributed by atoms with Gasteiger partial charge in [-0.3, -0.25) is 0 Å². The second-order valence-corrected chi connectivity index (χ2v) is 7.02. The number of fused-ring (bicyclic) bond motifs is 1. The van der Waals surface area contributed by atoms with Crippen molar-refractivity contribution < 1.29 is 14.0 Å². The van der Waals surface area contributed by atoms with Crippen LogP contribution in [0.5, 0.6) is 11.5 Å². The molecule has 0 N–H and O–H groups in total. The zero-order valence-electron chi connectivity index (χ0n) is 15.0. The average molecular weight is 364 g/mol. The molecule has 0 saturated heterocycles. The van der Waals surface area contributed by atoms with Gasteiger partial charge in [0.15, 0.2) is 23.4 Å². The van der Waals surface area contributed by atoms with E-state index in [9.17, 15) is 0 Å². The van der Waals surface area contributed by atoms with Crippen LogP contribution in [0.4, 0.5) is 5.82 Å². The van der Waals surface area contributed by atoms with Gasteiger partial charge in [0.2, 0.25) is 0 Å². The Kier molecular flexibility index (Phi) is 3.92. The van der Waals surface area contributed by atoms with Gasteiger partial charge in [0.1, 0.15) is 12.4 Å². The minimum atomic E-state index is -0.0524. The standard InChI is InChI=1S/C20H20N4O3/c1-24(11-15-12-25-16-4-2-3-5-17(16)26-15)18-9-8-14(10-21-18)20-22-19(23-27-20)13-6-7-13/h2-5,8-10,13,15H,6-7,11-12H2,1H3. The largest absolute Gasteiger partial charge is 0.486 e. The molecule has 1 unspecified atom stereocenters. The Balaban J connectivity index is 1.24. The van der Waals surface area contributed by atoms with Crippen LogP contribution in [0.25, 0.3) is 11.5 Å². The Labute approximate surface area is 156 Å². The second-order valence-electron chi connectivity index (χ2n) is 7.02. The van der Waals surface area contributed by atoms with Gasteiger partial charge in [0, 0.05) is 19.2 Å². The first-order chi connectivity index (χ1) is 13.3. The first kappa shape index (κ1) is 16.1. The molecule has 138 valence electrons. The maximum Gasteiger partial charge on any atom is 0.259 e. The van der Waals surface area contributed by atoms with E-state index in [0.717, 1.165) is 41.5 Å². The van der Waals surface area contributed by atoms with Crippen molar-refractivity contribution in [2.24, 2.45) is 0 Å². The van der Waals surface area contributed by atoms with Crippen LogP contribution in [0.1, 0.15) is 24.6 Å². The lowest BCUT2D eigenvalue weighted by Gasteiger charge is -2.30. The Morgan fingerprint density at radius 3 is 2.74 bits per heavy atom. The molecule has 2 aromatic heterocycles. The number of anilines is 1. The quantitative estimate of drug-likeness (QED) is 0.688. The van der Waals surface area contributed by atoms with E-state index in [4.69, 9.17) is 14.0 Å². The molecule has 0 amide bonds. The number of rotatable bonds is 5. The molecule has 1 aromatic carbocycles. The highest BCUT2D eigenvalue weighted by Gasteiger charge is 2.29. The average Bonchev–Trinajstić information content (AvgIpc) is 3.45. The van der Waals surface area contributed by atoms with Crippen LogP contribution in [0, 0.1) is 0 Å². The van der Waals surface area contributed by atoms with Gasteiger partial charge in [0.05, 0.1) is 12.1 Å². The monoisotopic (exact) mass is 364 g/mol. The van der Waals surface area contributed by atoms with Crippen LogP contribution in [0.3, 0.4) is 0 Å². The summed E-state index contributed by atoms with van der Waals surface area (Å²) in [5.74, 6) is 4.24. The molecule has 3 aromatic rings. The highest BCUT2D eigenvalue weighted by Crippen LogP contribution is 2.38. The van der Waals surface area contributed by atoms with Crippen LogP contribution in [0.15, 0.2) is 47.1 Å². The topological polar surface area (TPSA) is 73.5 Å². The summed E-state index contributed by atoms with van der Waals surface area (Å²) in [7, 11) is 1.99. The van der Waals surface area contributed by atoms with E-state index in [-0.39, 0.29) is 6.10 Å². The molecule has 0 bridgehead atoms. The number of aromatic nitrogens is 3. The summed E-state index contributed by atoms with van der Waals surface area (Å²) in [6.07, 6.45) is 4.02. The third kappa shape index (κ3) is 3.32. The van der Waals surface area contributed by atoms with Crippen LogP contribution >= 0.6 is 0 Å². The third-order valence-electron chi connectivity index (χ3n) is 4.82. The molecular weight excluding hydrogens is 344 g/mol. The van der Waals surface area contributed by atoms with Gasteiger partial charge in [-0.05, 0) is 37.1 Å². The zero-order chi connectivity index (χ0) is 18.2. The van der Waals surface area contributed by atoms with Crippen LogP contribution < -0.4 is 14.4 Å². The van der Waals surface area contributed by atoms with Gasteiger partial charge in [-0.2, -0.15) is 4.98 Å². The first-order valence-electron chi connectivity index (χ1n) is 9.16. The summed E-state index contributed by atoms with van der Waals surface area (Å²) < 4.78 is 17.2. The SMILES string of the molecule is CN(CC1COc2ccccc2O1)c1ccc(-c2nc(C3CC3)no2)cn1. The van der Waals surface area contributed by atoms with Crippen molar-refractivity contribution in [3.8, 4) is 23.0 Å². The zero-order valence-corrected chi connectivity index (χ0v) is 15.0. The van der Waals surface area contributed by atoms with E-state index in [2.05, 4.69) is 20.0 Å². The Hall–Kier alpha value is -3.09. The lowest BCUT2D eigenvalue weighted by molar-refractivity contribution is 0.0959. The number of ether oxygens (including phenoxy) is 2. The highest BCUT2D eigenvalue weighted by atomic mass is 16.6. The maximum absolute atomic E-state index is 6.02. The van der Waals surface area contributed by atoms with Gasteiger partial charge in [0.25, 0.3) is 5.89 Å². The van der Waals surface area contributed by atoms with Gasteiger partial charge in [-0.15, -0.1) is 0 Å². The first-order valence-corrected chi connectivity index (χ1v) is 9.16. The molecule has 1 atom stereocenters. The number of nitrogens with zero attached hydrogens (tertiary/aromatic N) is 4. The van der Waals surface area contributed by atoms with Crippen molar-refractivity contribution in [3.63, 3.8) is 0 Å². The lowest BCUT2D eigenvalue weighted by atomic mass is 10.2. The molecule has 2 aliphatic rings. The molecule has 1 fully saturated rings. The molecule has 0 spiro atoms. The van der Waals surface area contributed by atoms with Crippen LogP contribution in [-0.2, 0) is 0 Å². The molecular formula is C20H20N4O3. The Morgan fingerprint density at radius 2 is 1.96 bits per heavy atom. The van der Waals surface area contributed by atoms with E-state index in [1.54, 1.807) is 6.20 Å². The van der Waals surface area contributed by atoms with E-state index >= 15 is 0 Å². The maximum atomic E-state index is 6.02. The Morgan fingerprint density at radius 1 is 1.11 bits per heavy atom. The fourth-order valence-electron chi connectivity index (χ4n) is 3.15. The number of hydrogen-bond donors (Lipinski definition) is 0. The van der Waals surface area contributed by atoms with Gasteiger partial charge in [-0.25, -0.2) is 4.98 Å². The van der Waals surface area contributed by atoms with Crippen molar-refractivity contribution in [3.05, 3.63) is 48.4 Å². The smallest absolute Gasteiger partial charge is 0.259 e. The fraction of sp³-hybridized carbons (Fsp3) is 0.350. The van der Waals surface area contributed by atoms with Crippen molar-refractivity contribution in [1.82, 2.24) is 15.1 Å². The van der Waals surface area contributed by atoms with Crippen molar-refractivity contribution in [2.45, 2.75) is 24.9 Å². The number of pyridine rings is 1. The molecule has 1 aliphatic carbocycles. The lowest BCUT2D eigenvalue weighted by Crippen LogP contribution is -2.39. The van der Waals surface area contributed by atoms with Crippen LogP contribution in [0.2, 0.25) is 0 Å². The molecule has 7 nitrogen and oxygen atoms in total. The van der Waals surface area contributed by atoms with Crippen LogP contribution in [-0.4, -0.2) is 41.4 Å². The van der Waals surface area contributed by atoms with Crippen molar-refractivity contribution in [2.75, 3.05) is 25.1 Å². The fourth-order valence-corrected chi connectivity index (χ4v) is 3.15. The van der Waals surface area contributed by atoms with Gasteiger partial charge >= 0.3 is 0 Å². The molecule has 1 aliphatic heterocycles. The van der Waals surface area contributed by atoms with Gasteiger partial charge < -0.3 is 18.9 Å². The molecule has 5 rings (SSSR count). The van der Waals surface area contributed by atoms with E-state index in [0.29, 0.717) is 25.0 Å². The molecule has 7 heteroatoms. The minimum Gasteiger partial charge on any atom is -0.486 e. The summed E-state index contributed by atoms with van der Waals surface area (Å²) in [4.78, 5) is 11.1. The van der Waals surface area contributed by atoms with E-state index < -0.39 is 0 Å². The molecule has 1 saturated carbocycles. The van der Waals surface area contributed by atoms with E-state index in [1.807, 2.05) is 43.4 Å². The summed E-state index contributed by atoms with van der Waals surface area (Å²) in [5, 5.41) is 4.05. The number of benzene rings is 1. The third-order valence-corrected chi connectivity index (χ3v) is 4.82. The summed E-state index contributed by atoms with van der Waals surface area (Å²) in [6.45, 7) is 1.19. The Bertz CT molecular complexity index is 936. The van der Waals surface area contributed by atoms with E-state index in [1.165, 1.54) is 0 Å². The van der Waals surface area contributed by atoms with Crippen molar-refractivity contribution >= 4 is 5.82 Å².